The van der Waals surface area contributed by atoms with Crippen LogP contribution in [0.2, 0.25) is 5.02 Å². The van der Waals surface area contributed by atoms with Crippen LogP contribution >= 0.6 is 11.6 Å². The standard InChI is InChI=1S/C15H13ClN2O/c1-18-14-8-4-2-6-11(14)13(17-18)10-19-15-9-5-3-7-12(15)16/h2-9H,10H2,1H3. The summed E-state index contributed by atoms with van der Waals surface area (Å²) < 4.78 is 7.60. The van der Waals surface area contributed by atoms with Gasteiger partial charge in [-0.25, -0.2) is 0 Å². The maximum absolute atomic E-state index is 6.06. The first-order valence-corrected chi connectivity index (χ1v) is 6.41. The minimum Gasteiger partial charge on any atom is -0.486 e. The number of aryl methyl sites for hydroxylation is 1. The second kappa shape index (κ2) is 4.94. The highest BCUT2D eigenvalue weighted by molar-refractivity contribution is 6.32. The highest BCUT2D eigenvalue weighted by Gasteiger charge is 2.09. The molecule has 0 radical (unpaired) electrons. The first kappa shape index (κ1) is 12.1. The van der Waals surface area contributed by atoms with Crippen molar-refractivity contribution in [3.8, 4) is 5.75 Å². The first-order chi connectivity index (χ1) is 9.25. The number of halogens is 1. The zero-order chi connectivity index (χ0) is 13.2. The molecule has 3 nitrogen and oxygen atoms in total. The van der Waals surface area contributed by atoms with E-state index >= 15 is 0 Å². The van der Waals surface area contributed by atoms with Gasteiger partial charge in [-0.05, 0) is 18.2 Å². The summed E-state index contributed by atoms with van der Waals surface area (Å²) >= 11 is 6.06. The maximum atomic E-state index is 6.06. The van der Waals surface area contributed by atoms with Gasteiger partial charge in [0.2, 0.25) is 0 Å². The van der Waals surface area contributed by atoms with Crippen LogP contribution in [0, 0.1) is 0 Å². The lowest BCUT2D eigenvalue weighted by atomic mass is 10.2. The van der Waals surface area contributed by atoms with E-state index in [2.05, 4.69) is 5.10 Å². The third-order valence-electron chi connectivity index (χ3n) is 3.04. The molecule has 0 amide bonds. The lowest BCUT2D eigenvalue weighted by molar-refractivity contribution is 0.301. The summed E-state index contributed by atoms with van der Waals surface area (Å²) in [6.45, 7) is 0.408. The summed E-state index contributed by atoms with van der Waals surface area (Å²) in [6.07, 6.45) is 0. The second-order valence-corrected chi connectivity index (χ2v) is 4.71. The monoisotopic (exact) mass is 272 g/mol. The number of aromatic nitrogens is 2. The van der Waals surface area contributed by atoms with Gasteiger partial charge in [0.05, 0.1) is 10.5 Å². The van der Waals surface area contributed by atoms with Crippen LogP contribution < -0.4 is 4.74 Å². The third-order valence-corrected chi connectivity index (χ3v) is 3.35. The first-order valence-electron chi connectivity index (χ1n) is 6.03. The molecule has 2 aromatic carbocycles. The average molecular weight is 273 g/mol. The predicted molar refractivity (Wildman–Crippen MR) is 76.5 cm³/mol. The molecule has 0 unspecified atom stereocenters. The van der Waals surface area contributed by atoms with E-state index in [4.69, 9.17) is 16.3 Å². The van der Waals surface area contributed by atoms with E-state index in [0.717, 1.165) is 16.6 Å². The number of fused-ring (bicyclic) bond motifs is 1. The Bertz CT molecular complexity index is 721. The Hall–Kier alpha value is -2.00. The number of hydrogen-bond donors (Lipinski definition) is 0. The Balaban J connectivity index is 1.88. The van der Waals surface area contributed by atoms with Gasteiger partial charge in [-0.2, -0.15) is 5.10 Å². The van der Waals surface area contributed by atoms with Crippen molar-refractivity contribution >= 4 is 22.5 Å². The fraction of sp³-hybridized carbons (Fsp3) is 0.133. The van der Waals surface area contributed by atoms with Crippen molar-refractivity contribution in [2.45, 2.75) is 6.61 Å². The van der Waals surface area contributed by atoms with Crippen molar-refractivity contribution in [2.75, 3.05) is 0 Å². The molecule has 3 rings (SSSR count). The van der Waals surface area contributed by atoms with Crippen molar-refractivity contribution in [1.82, 2.24) is 9.78 Å². The van der Waals surface area contributed by atoms with Crippen LogP contribution in [-0.2, 0) is 13.7 Å². The highest BCUT2D eigenvalue weighted by atomic mass is 35.5. The fourth-order valence-corrected chi connectivity index (χ4v) is 2.29. The molecule has 0 aliphatic heterocycles. The summed E-state index contributed by atoms with van der Waals surface area (Å²) in [5.41, 5.74) is 2.01. The number of rotatable bonds is 3. The largest absolute Gasteiger partial charge is 0.486 e. The van der Waals surface area contributed by atoms with Crippen LogP contribution in [-0.4, -0.2) is 9.78 Å². The highest BCUT2D eigenvalue weighted by Crippen LogP contribution is 2.25. The summed E-state index contributed by atoms with van der Waals surface area (Å²) in [7, 11) is 1.93. The molecule has 0 atom stereocenters. The third kappa shape index (κ3) is 2.29. The van der Waals surface area contributed by atoms with Crippen LogP contribution in [0.4, 0.5) is 0 Å². The van der Waals surface area contributed by atoms with Gasteiger partial charge < -0.3 is 4.74 Å². The Morgan fingerprint density at radius 1 is 1.11 bits per heavy atom. The molecular formula is C15H13ClN2O. The van der Waals surface area contributed by atoms with Crippen molar-refractivity contribution in [1.29, 1.82) is 0 Å². The van der Waals surface area contributed by atoms with E-state index < -0.39 is 0 Å². The topological polar surface area (TPSA) is 27.1 Å². The van der Waals surface area contributed by atoms with Crippen LogP contribution in [0.3, 0.4) is 0 Å². The molecule has 0 spiro atoms. The number of para-hydroxylation sites is 2. The Morgan fingerprint density at radius 3 is 2.68 bits per heavy atom. The van der Waals surface area contributed by atoms with Gasteiger partial charge in [0.15, 0.2) is 0 Å². The lowest BCUT2D eigenvalue weighted by Gasteiger charge is -2.05. The van der Waals surface area contributed by atoms with Gasteiger partial charge in [-0.1, -0.05) is 41.9 Å². The van der Waals surface area contributed by atoms with Gasteiger partial charge >= 0.3 is 0 Å². The lowest BCUT2D eigenvalue weighted by Crippen LogP contribution is -1.98. The average Bonchev–Trinajstić information content (AvgIpc) is 2.75. The van der Waals surface area contributed by atoms with Crippen molar-refractivity contribution in [2.24, 2.45) is 7.05 Å². The molecule has 3 aromatic rings. The molecule has 4 heteroatoms. The fourth-order valence-electron chi connectivity index (χ4n) is 2.10. The van der Waals surface area contributed by atoms with Crippen molar-refractivity contribution in [3.05, 3.63) is 59.2 Å². The van der Waals surface area contributed by atoms with E-state index in [1.165, 1.54) is 0 Å². The molecular weight excluding hydrogens is 260 g/mol. The van der Waals surface area contributed by atoms with E-state index in [-0.39, 0.29) is 0 Å². The SMILES string of the molecule is Cn1nc(COc2ccccc2Cl)c2ccccc21. The summed E-state index contributed by atoms with van der Waals surface area (Å²) in [4.78, 5) is 0. The number of benzene rings is 2. The van der Waals surface area contributed by atoms with E-state index in [9.17, 15) is 0 Å². The van der Waals surface area contributed by atoms with E-state index in [1.807, 2.05) is 60.3 Å². The molecule has 0 aliphatic carbocycles. The quantitative estimate of drug-likeness (QED) is 0.725. The molecule has 0 aliphatic rings. The number of hydrogen-bond acceptors (Lipinski definition) is 2. The predicted octanol–water partition coefficient (Wildman–Crippen LogP) is 3.81. The van der Waals surface area contributed by atoms with Crippen LogP contribution in [0.15, 0.2) is 48.5 Å². The Labute approximate surface area is 116 Å². The Kier molecular flexibility index (Phi) is 3.13. The Morgan fingerprint density at radius 2 is 1.84 bits per heavy atom. The molecule has 0 N–H and O–H groups in total. The molecule has 0 saturated heterocycles. The zero-order valence-corrected chi connectivity index (χ0v) is 11.3. The smallest absolute Gasteiger partial charge is 0.138 e. The maximum Gasteiger partial charge on any atom is 0.138 e. The van der Waals surface area contributed by atoms with Crippen LogP contribution in [0.5, 0.6) is 5.75 Å². The van der Waals surface area contributed by atoms with E-state index in [0.29, 0.717) is 17.4 Å². The molecule has 0 saturated carbocycles. The van der Waals surface area contributed by atoms with Gasteiger partial charge in [0.1, 0.15) is 18.1 Å². The molecule has 19 heavy (non-hydrogen) atoms. The minimum absolute atomic E-state index is 0.408. The zero-order valence-electron chi connectivity index (χ0n) is 10.5. The van der Waals surface area contributed by atoms with Crippen LogP contribution in [0.1, 0.15) is 5.69 Å². The summed E-state index contributed by atoms with van der Waals surface area (Å²) in [5, 5.41) is 6.21. The molecule has 0 fully saturated rings. The summed E-state index contributed by atoms with van der Waals surface area (Å²) in [6, 6.07) is 15.5. The molecule has 0 bridgehead atoms. The van der Waals surface area contributed by atoms with Crippen molar-refractivity contribution < 1.29 is 4.74 Å². The normalized spacial score (nSPS) is 10.8. The van der Waals surface area contributed by atoms with Gasteiger partial charge in [0, 0.05) is 12.4 Å². The minimum atomic E-state index is 0.408. The number of nitrogens with zero attached hydrogens (tertiary/aromatic N) is 2. The van der Waals surface area contributed by atoms with Gasteiger partial charge in [0.25, 0.3) is 0 Å². The van der Waals surface area contributed by atoms with Gasteiger partial charge in [-0.3, -0.25) is 4.68 Å². The molecule has 96 valence electrons. The van der Waals surface area contributed by atoms with Crippen LogP contribution in [0.25, 0.3) is 10.9 Å². The van der Waals surface area contributed by atoms with E-state index in [1.54, 1.807) is 0 Å². The molecule has 1 heterocycles. The number of ether oxygens (including phenoxy) is 1. The summed E-state index contributed by atoms with van der Waals surface area (Å²) in [5.74, 6) is 0.680. The van der Waals surface area contributed by atoms with Crippen molar-refractivity contribution in [3.63, 3.8) is 0 Å². The second-order valence-electron chi connectivity index (χ2n) is 4.31. The van der Waals surface area contributed by atoms with Gasteiger partial charge in [-0.15, -0.1) is 0 Å². The molecule has 1 aromatic heterocycles.